The number of carbonyl (C=O) groups is 3. The largest absolute Gasteiger partial charge is 0.494 e. The van der Waals surface area contributed by atoms with Crippen LogP contribution in [-0.2, 0) is 24.2 Å². The van der Waals surface area contributed by atoms with E-state index < -0.39 is 56.1 Å². The second-order valence-electron chi connectivity index (χ2n) is 13.3. The molecule has 0 spiro atoms. The molecule has 3 fully saturated rings. The summed E-state index contributed by atoms with van der Waals surface area (Å²) in [5, 5.41) is 4.23. The van der Waals surface area contributed by atoms with E-state index in [0.717, 1.165) is 5.39 Å². The van der Waals surface area contributed by atoms with Gasteiger partial charge in [-0.15, -0.1) is 6.58 Å². The molecule has 1 N–H and O–H groups in total. The highest BCUT2D eigenvalue weighted by Crippen LogP contribution is 2.46. The summed E-state index contributed by atoms with van der Waals surface area (Å²) in [6.45, 7) is 11.6. The van der Waals surface area contributed by atoms with Crippen LogP contribution in [0.15, 0.2) is 37.1 Å². The number of nitrogens with one attached hydrogen (secondary N) is 1. The van der Waals surface area contributed by atoms with Crippen LogP contribution in [0.4, 0.5) is 0 Å². The minimum Gasteiger partial charge on any atom is -0.494 e. The zero-order valence-corrected chi connectivity index (χ0v) is 27.3. The highest BCUT2D eigenvalue weighted by atomic mass is 35.5. The fourth-order valence-corrected chi connectivity index (χ4v) is 7.72. The molecular formula is C32H40ClN3O7S. The number of fused-ring (bicyclic) bond motifs is 1. The average Bonchev–Trinajstić information content (AvgIpc) is 3.88. The summed E-state index contributed by atoms with van der Waals surface area (Å²) in [6, 6.07) is 4.32. The van der Waals surface area contributed by atoms with Gasteiger partial charge in [0, 0.05) is 34.1 Å². The molecule has 2 saturated carbocycles. The molecule has 5 atom stereocenters. The Morgan fingerprint density at radius 3 is 2.55 bits per heavy atom. The molecule has 0 bridgehead atoms. The first-order chi connectivity index (χ1) is 20.6. The third-order valence-corrected chi connectivity index (χ3v) is 11.7. The average molecular weight is 646 g/mol. The number of Topliss-reactive ketones (excluding diaryl/α,β-unsaturated/α-hetero) is 1. The van der Waals surface area contributed by atoms with Gasteiger partial charge in [0.1, 0.15) is 29.2 Å². The van der Waals surface area contributed by atoms with Crippen LogP contribution in [0.3, 0.4) is 0 Å². The third kappa shape index (κ3) is 6.18. The van der Waals surface area contributed by atoms with Gasteiger partial charge in [-0.1, -0.05) is 45.4 Å². The molecule has 2 aromatic rings. The Hall–Kier alpha value is -3.18. The van der Waals surface area contributed by atoms with Crippen LogP contribution in [0.5, 0.6) is 11.6 Å². The smallest absolute Gasteiger partial charge is 0.243 e. The van der Waals surface area contributed by atoms with Gasteiger partial charge in [0.05, 0.1) is 25.1 Å². The van der Waals surface area contributed by atoms with E-state index >= 15 is 0 Å². The number of nitrogens with zero attached hydrogens (tertiary/aromatic N) is 2. The number of sulfone groups is 1. The van der Waals surface area contributed by atoms with E-state index in [4.69, 9.17) is 21.1 Å². The van der Waals surface area contributed by atoms with Crippen molar-refractivity contribution in [1.82, 2.24) is 15.2 Å². The molecule has 44 heavy (non-hydrogen) atoms. The highest BCUT2D eigenvalue weighted by molar-refractivity contribution is 7.93. The van der Waals surface area contributed by atoms with Gasteiger partial charge < -0.3 is 19.7 Å². The second-order valence-corrected chi connectivity index (χ2v) is 16.0. The van der Waals surface area contributed by atoms with Gasteiger partial charge in [0.25, 0.3) is 0 Å². The number of aromatic nitrogens is 1. The molecular weight excluding hydrogens is 606 g/mol. The molecule has 2 amide bonds. The van der Waals surface area contributed by atoms with Crippen molar-refractivity contribution in [2.45, 2.75) is 76.3 Å². The van der Waals surface area contributed by atoms with Crippen molar-refractivity contribution in [1.29, 1.82) is 0 Å². The molecule has 0 unspecified atom stereocenters. The van der Waals surface area contributed by atoms with E-state index in [-0.39, 0.29) is 42.5 Å². The minimum atomic E-state index is -3.58. The Balaban J connectivity index is 1.42. The number of halogens is 1. The van der Waals surface area contributed by atoms with Crippen molar-refractivity contribution in [3.8, 4) is 11.6 Å². The summed E-state index contributed by atoms with van der Waals surface area (Å²) in [6.07, 6.45) is 4.03. The minimum absolute atomic E-state index is 0.120. The van der Waals surface area contributed by atoms with Gasteiger partial charge in [-0.05, 0) is 42.9 Å². The van der Waals surface area contributed by atoms with Crippen LogP contribution < -0.4 is 14.8 Å². The lowest BCUT2D eigenvalue weighted by atomic mass is 9.81. The summed E-state index contributed by atoms with van der Waals surface area (Å²) in [5.74, 6) is -1.88. The van der Waals surface area contributed by atoms with Gasteiger partial charge >= 0.3 is 0 Å². The first kappa shape index (κ1) is 32.2. The number of likely N-dealkylation sites (tertiary alicyclic amines) is 1. The normalized spacial score (nSPS) is 25.8. The van der Waals surface area contributed by atoms with Crippen molar-refractivity contribution in [3.05, 3.63) is 42.1 Å². The fourth-order valence-electron chi connectivity index (χ4n) is 5.84. The third-order valence-electron chi connectivity index (χ3n) is 9.30. The number of pyridine rings is 1. The molecule has 1 aromatic carbocycles. The Morgan fingerprint density at radius 2 is 1.95 bits per heavy atom. The molecule has 5 rings (SSSR count). The molecule has 1 saturated heterocycles. The van der Waals surface area contributed by atoms with Crippen LogP contribution in [0, 0.1) is 17.3 Å². The summed E-state index contributed by atoms with van der Waals surface area (Å²) in [4.78, 5) is 47.1. The fraction of sp³-hybridized carbons (Fsp3) is 0.562. The first-order valence-electron chi connectivity index (χ1n) is 14.9. The lowest BCUT2D eigenvalue weighted by molar-refractivity contribution is -0.144. The molecule has 3 aliphatic rings. The summed E-state index contributed by atoms with van der Waals surface area (Å²) in [7, 11) is -2.04. The number of hydrogen-bond acceptors (Lipinski definition) is 8. The monoisotopic (exact) mass is 645 g/mol. The van der Waals surface area contributed by atoms with E-state index in [1.807, 2.05) is 33.8 Å². The predicted octanol–water partition coefficient (Wildman–Crippen LogP) is 4.13. The van der Waals surface area contributed by atoms with Crippen LogP contribution in [-0.4, -0.2) is 78.2 Å². The molecule has 0 radical (unpaired) electrons. The van der Waals surface area contributed by atoms with E-state index in [1.165, 1.54) is 4.90 Å². The zero-order chi connectivity index (χ0) is 32.2. The van der Waals surface area contributed by atoms with Gasteiger partial charge in [-0.25, -0.2) is 13.4 Å². The maximum atomic E-state index is 14.0. The zero-order valence-electron chi connectivity index (χ0n) is 25.8. The number of rotatable bonds is 11. The van der Waals surface area contributed by atoms with Gasteiger partial charge in [0.2, 0.25) is 17.7 Å². The van der Waals surface area contributed by atoms with Crippen LogP contribution in [0.1, 0.15) is 53.4 Å². The quantitative estimate of drug-likeness (QED) is 0.361. The van der Waals surface area contributed by atoms with E-state index in [9.17, 15) is 22.8 Å². The van der Waals surface area contributed by atoms with Crippen molar-refractivity contribution < 1.29 is 32.3 Å². The van der Waals surface area contributed by atoms with Crippen molar-refractivity contribution in [2.24, 2.45) is 17.3 Å². The van der Waals surface area contributed by atoms with Crippen LogP contribution in [0.2, 0.25) is 5.02 Å². The van der Waals surface area contributed by atoms with Crippen molar-refractivity contribution >= 4 is 49.8 Å². The Bertz CT molecular complexity index is 1620. The van der Waals surface area contributed by atoms with Gasteiger partial charge in [-0.2, -0.15) is 0 Å². The maximum absolute atomic E-state index is 14.0. The maximum Gasteiger partial charge on any atom is 0.243 e. The first-order valence-corrected chi connectivity index (χ1v) is 17.0. The highest BCUT2D eigenvalue weighted by Gasteiger charge is 2.61. The molecule has 2 heterocycles. The number of amides is 2. The number of carbonyl (C=O) groups excluding carboxylic acids is 3. The standard InChI is InChI=1S/C32H40ClN3O7S/c1-7-19-14-32(19,27(37)17-44(40,41)22-9-10-22)35-28(38)25-13-21(16-36(25)30(39)18(2)31(3,4)5)43-29-24-12-20(33)8-11-23(24)26(42-6)15-34-29/h7-8,11-12,15,18-19,21-22,25H,1,9-10,13-14,16-17H2,2-6H3,(H,35,38)/t18-,19-,21-,25+,32-/m1/s1. The Labute approximate surface area is 263 Å². The van der Waals surface area contributed by atoms with E-state index in [0.29, 0.717) is 29.0 Å². The number of hydrogen-bond donors (Lipinski definition) is 1. The second kappa shape index (κ2) is 11.6. The molecule has 2 aliphatic carbocycles. The topological polar surface area (TPSA) is 132 Å². The molecule has 1 aromatic heterocycles. The van der Waals surface area contributed by atoms with Gasteiger partial charge in [-0.3, -0.25) is 14.4 Å². The molecule has 1 aliphatic heterocycles. The van der Waals surface area contributed by atoms with Gasteiger partial charge in [0.15, 0.2) is 15.6 Å². The van der Waals surface area contributed by atoms with Crippen molar-refractivity contribution in [2.75, 3.05) is 19.4 Å². The number of ether oxygens (including phenoxy) is 2. The van der Waals surface area contributed by atoms with Crippen molar-refractivity contribution in [3.63, 3.8) is 0 Å². The molecule has 12 heteroatoms. The van der Waals surface area contributed by atoms with E-state index in [2.05, 4.69) is 16.9 Å². The molecule has 238 valence electrons. The number of ketones is 1. The summed E-state index contributed by atoms with van der Waals surface area (Å²) in [5.41, 5.74) is -1.73. The lowest BCUT2D eigenvalue weighted by Crippen LogP contribution is -2.55. The predicted molar refractivity (Wildman–Crippen MR) is 167 cm³/mol. The van der Waals surface area contributed by atoms with E-state index in [1.54, 1.807) is 31.5 Å². The van der Waals surface area contributed by atoms with Crippen LogP contribution in [0.25, 0.3) is 10.8 Å². The Morgan fingerprint density at radius 1 is 1.25 bits per heavy atom. The number of benzene rings is 1. The van der Waals surface area contributed by atoms with Crippen LogP contribution >= 0.6 is 11.6 Å². The summed E-state index contributed by atoms with van der Waals surface area (Å²) < 4.78 is 37.1. The molecule has 10 nitrogen and oxygen atoms in total. The summed E-state index contributed by atoms with van der Waals surface area (Å²) >= 11 is 6.29. The SMILES string of the molecule is C=C[C@@H]1C[C@]1(NC(=O)[C@@H]1C[C@@H](Oc2ncc(OC)c3ccc(Cl)cc23)CN1C(=O)[C@@H](C)C(C)(C)C)C(=O)CS(=O)(=O)C1CC1. The number of methoxy groups -OCH3 is 1. The Kier molecular flexibility index (Phi) is 8.52. The lowest BCUT2D eigenvalue weighted by Gasteiger charge is -2.33.